The molecule has 1 atom stereocenters. The SMILES string of the molecule is COC(C)CNS(=O)(=O)CCc1ccccn1. The zero-order chi connectivity index (χ0) is 12.7. The van der Waals surface area contributed by atoms with E-state index in [1.54, 1.807) is 26.3 Å². The minimum Gasteiger partial charge on any atom is -0.380 e. The van der Waals surface area contributed by atoms with Gasteiger partial charge in [-0.25, -0.2) is 13.1 Å². The smallest absolute Gasteiger partial charge is 0.212 e. The van der Waals surface area contributed by atoms with Crippen LogP contribution in [0.4, 0.5) is 0 Å². The molecule has 0 saturated carbocycles. The van der Waals surface area contributed by atoms with Crippen LogP contribution >= 0.6 is 0 Å². The van der Waals surface area contributed by atoms with E-state index in [0.29, 0.717) is 13.0 Å². The summed E-state index contributed by atoms with van der Waals surface area (Å²) in [6.07, 6.45) is 1.94. The molecule has 6 heteroatoms. The van der Waals surface area contributed by atoms with E-state index in [9.17, 15) is 8.42 Å². The zero-order valence-corrected chi connectivity index (χ0v) is 10.9. The van der Waals surface area contributed by atoms with Crippen LogP contribution in [-0.2, 0) is 21.2 Å². The third-order valence-electron chi connectivity index (χ3n) is 2.35. The van der Waals surface area contributed by atoms with Crippen LogP contribution in [0.5, 0.6) is 0 Å². The number of aromatic nitrogens is 1. The number of hydrogen-bond acceptors (Lipinski definition) is 4. The van der Waals surface area contributed by atoms with Crippen LogP contribution in [0.2, 0.25) is 0 Å². The molecule has 0 amide bonds. The van der Waals surface area contributed by atoms with Crippen LogP contribution in [0.1, 0.15) is 12.6 Å². The van der Waals surface area contributed by atoms with E-state index in [-0.39, 0.29) is 11.9 Å². The van der Waals surface area contributed by atoms with Gasteiger partial charge < -0.3 is 4.74 Å². The molecule has 0 fully saturated rings. The van der Waals surface area contributed by atoms with Crippen LogP contribution in [0.15, 0.2) is 24.4 Å². The van der Waals surface area contributed by atoms with E-state index in [4.69, 9.17) is 4.74 Å². The predicted octanol–water partition coefficient (Wildman–Crippen LogP) is 0.578. The molecule has 17 heavy (non-hydrogen) atoms. The quantitative estimate of drug-likeness (QED) is 0.776. The van der Waals surface area contributed by atoms with E-state index in [1.165, 1.54) is 0 Å². The lowest BCUT2D eigenvalue weighted by Gasteiger charge is -2.11. The van der Waals surface area contributed by atoms with Crippen molar-refractivity contribution >= 4 is 10.0 Å². The number of ether oxygens (including phenoxy) is 1. The molecule has 0 saturated heterocycles. The van der Waals surface area contributed by atoms with Gasteiger partial charge in [-0.1, -0.05) is 6.07 Å². The zero-order valence-electron chi connectivity index (χ0n) is 10.1. The highest BCUT2D eigenvalue weighted by Crippen LogP contribution is 1.98. The first kappa shape index (κ1) is 14.1. The number of hydrogen-bond donors (Lipinski definition) is 1. The minimum atomic E-state index is -3.25. The molecule has 0 aliphatic rings. The van der Waals surface area contributed by atoms with Crippen LogP contribution in [0.25, 0.3) is 0 Å². The van der Waals surface area contributed by atoms with Crippen molar-refractivity contribution in [1.82, 2.24) is 9.71 Å². The average Bonchev–Trinajstić information content (AvgIpc) is 2.35. The summed E-state index contributed by atoms with van der Waals surface area (Å²) in [5.74, 6) is 0.0421. The second-order valence-corrected chi connectivity index (χ2v) is 5.71. The topological polar surface area (TPSA) is 68.3 Å². The molecule has 1 aromatic heterocycles. The molecule has 0 bridgehead atoms. The minimum absolute atomic E-state index is 0.0421. The van der Waals surface area contributed by atoms with E-state index < -0.39 is 10.0 Å². The standard InChI is InChI=1S/C11H18N2O3S/c1-10(16-2)9-13-17(14,15)8-6-11-5-3-4-7-12-11/h3-5,7,10,13H,6,8-9H2,1-2H3. The first-order valence-corrected chi connectivity index (χ1v) is 7.09. The van der Waals surface area contributed by atoms with Crippen molar-refractivity contribution in [2.24, 2.45) is 0 Å². The van der Waals surface area contributed by atoms with Crippen molar-refractivity contribution in [3.63, 3.8) is 0 Å². The molecule has 1 heterocycles. The summed E-state index contributed by atoms with van der Waals surface area (Å²) >= 11 is 0. The maximum atomic E-state index is 11.6. The van der Waals surface area contributed by atoms with Crippen LogP contribution < -0.4 is 4.72 Å². The molecule has 0 aromatic carbocycles. The van der Waals surface area contributed by atoms with Gasteiger partial charge in [0.2, 0.25) is 10.0 Å². The molecule has 1 rings (SSSR count). The normalized spacial score (nSPS) is 13.5. The van der Waals surface area contributed by atoms with Crippen molar-refractivity contribution < 1.29 is 13.2 Å². The summed E-state index contributed by atoms with van der Waals surface area (Å²) in [4.78, 5) is 4.08. The van der Waals surface area contributed by atoms with Gasteiger partial charge in [0.15, 0.2) is 0 Å². The molecule has 0 aliphatic carbocycles. The fourth-order valence-corrected chi connectivity index (χ4v) is 2.30. The fraction of sp³-hybridized carbons (Fsp3) is 0.545. The van der Waals surface area contributed by atoms with Gasteiger partial charge in [-0.2, -0.15) is 0 Å². The lowest BCUT2D eigenvalue weighted by atomic mass is 10.3. The molecule has 0 radical (unpaired) electrons. The number of sulfonamides is 1. The highest BCUT2D eigenvalue weighted by Gasteiger charge is 2.12. The Labute approximate surface area is 102 Å². The van der Waals surface area contributed by atoms with Gasteiger partial charge in [0, 0.05) is 32.0 Å². The summed E-state index contributed by atoms with van der Waals surface area (Å²) in [5.41, 5.74) is 0.776. The summed E-state index contributed by atoms with van der Waals surface area (Å²) in [7, 11) is -1.71. The lowest BCUT2D eigenvalue weighted by molar-refractivity contribution is 0.122. The summed E-state index contributed by atoms with van der Waals surface area (Å²) in [5, 5.41) is 0. The number of rotatable bonds is 7. The number of methoxy groups -OCH3 is 1. The van der Waals surface area contributed by atoms with E-state index >= 15 is 0 Å². The Morgan fingerprint density at radius 3 is 2.82 bits per heavy atom. The van der Waals surface area contributed by atoms with Crippen molar-refractivity contribution in [3.8, 4) is 0 Å². The maximum absolute atomic E-state index is 11.6. The van der Waals surface area contributed by atoms with Gasteiger partial charge in [-0.05, 0) is 19.1 Å². The van der Waals surface area contributed by atoms with Gasteiger partial charge in [-0.3, -0.25) is 4.98 Å². The Kier molecular flexibility index (Phi) is 5.54. The third kappa shape index (κ3) is 5.76. The third-order valence-corrected chi connectivity index (χ3v) is 3.69. The second-order valence-electron chi connectivity index (χ2n) is 3.78. The van der Waals surface area contributed by atoms with E-state index in [0.717, 1.165) is 5.69 Å². The Hall–Kier alpha value is -0.980. The molecule has 1 aromatic rings. The van der Waals surface area contributed by atoms with Crippen LogP contribution in [0, 0.1) is 0 Å². The average molecular weight is 258 g/mol. The number of nitrogens with zero attached hydrogens (tertiary/aromatic N) is 1. The fourth-order valence-electron chi connectivity index (χ4n) is 1.18. The van der Waals surface area contributed by atoms with Crippen molar-refractivity contribution in [1.29, 1.82) is 0 Å². The molecular weight excluding hydrogens is 240 g/mol. The van der Waals surface area contributed by atoms with Gasteiger partial charge in [0.05, 0.1) is 11.9 Å². The Bertz CT molecular complexity index is 420. The Balaban J connectivity index is 2.40. The van der Waals surface area contributed by atoms with Crippen LogP contribution in [0.3, 0.4) is 0 Å². The molecule has 1 N–H and O–H groups in total. The van der Waals surface area contributed by atoms with Gasteiger partial charge in [0.25, 0.3) is 0 Å². The molecule has 1 unspecified atom stereocenters. The van der Waals surface area contributed by atoms with Crippen molar-refractivity contribution in [2.45, 2.75) is 19.4 Å². The lowest BCUT2D eigenvalue weighted by Crippen LogP contribution is -2.33. The van der Waals surface area contributed by atoms with Crippen molar-refractivity contribution in [2.75, 3.05) is 19.4 Å². The van der Waals surface area contributed by atoms with E-state index in [2.05, 4.69) is 9.71 Å². The Morgan fingerprint density at radius 2 is 2.24 bits per heavy atom. The first-order chi connectivity index (χ1) is 8.03. The van der Waals surface area contributed by atoms with Gasteiger partial charge in [-0.15, -0.1) is 0 Å². The Morgan fingerprint density at radius 1 is 1.47 bits per heavy atom. The highest BCUT2D eigenvalue weighted by molar-refractivity contribution is 7.89. The van der Waals surface area contributed by atoms with E-state index in [1.807, 2.05) is 12.1 Å². The summed E-state index contributed by atoms with van der Waals surface area (Å²) in [6, 6.07) is 5.46. The van der Waals surface area contributed by atoms with Gasteiger partial charge >= 0.3 is 0 Å². The maximum Gasteiger partial charge on any atom is 0.212 e. The largest absolute Gasteiger partial charge is 0.380 e. The predicted molar refractivity (Wildman–Crippen MR) is 66.2 cm³/mol. The first-order valence-electron chi connectivity index (χ1n) is 5.43. The summed E-state index contributed by atoms with van der Waals surface area (Å²) < 4.78 is 30.7. The van der Waals surface area contributed by atoms with Crippen LogP contribution in [-0.4, -0.2) is 38.9 Å². The highest BCUT2D eigenvalue weighted by atomic mass is 32.2. The molecule has 0 aliphatic heterocycles. The number of nitrogens with one attached hydrogen (secondary N) is 1. The monoisotopic (exact) mass is 258 g/mol. The molecule has 0 spiro atoms. The number of pyridine rings is 1. The molecule has 96 valence electrons. The molecular formula is C11H18N2O3S. The van der Waals surface area contributed by atoms with Gasteiger partial charge in [0.1, 0.15) is 0 Å². The summed E-state index contributed by atoms with van der Waals surface area (Å²) in [6.45, 7) is 2.10. The number of aryl methyl sites for hydroxylation is 1. The van der Waals surface area contributed by atoms with Crippen molar-refractivity contribution in [3.05, 3.63) is 30.1 Å². The molecule has 5 nitrogen and oxygen atoms in total. The second kappa shape index (κ2) is 6.68.